The third-order valence-electron chi connectivity index (χ3n) is 3.63. The summed E-state index contributed by atoms with van der Waals surface area (Å²) in [6.45, 7) is 8.80. The molecule has 1 rings (SSSR count). The van der Waals surface area contributed by atoms with E-state index in [0.717, 1.165) is 10.6 Å². The minimum absolute atomic E-state index is 0.0191. The average Bonchev–Trinajstić information content (AvgIpc) is 2.48. The predicted octanol–water partition coefficient (Wildman–Crippen LogP) is 3.18. The highest BCUT2D eigenvalue weighted by Crippen LogP contribution is 2.26. The molecule has 0 radical (unpaired) electrons. The molecule has 0 spiro atoms. The lowest BCUT2D eigenvalue weighted by atomic mass is 9.90. The van der Waals surface area contributed by atoms with E-state index in [9.17, 15) is 14.9 Å². The van der Waals surface area contributed by atoms with Gasteiger partial charge in [-0.2, -0.15) is 5.26 Å². The van der Waals surface area contributed by atoms with Gasteiger partial charge in [-0.1, -0.05) is 13.8 Å². The zero-order valence-corrected chi connectivity index (χ0v) is 15.0. The molecule has 0 aliphatic heterocycles. The predicted molar refractivity (Wildman–Crippen MR) is 93.1 cm³/mol. The molecule has 0 aliphatic rings. The van der Waals surface area contributed by atoms with E-state index in [1.54, 1.807) is 26.0 Å². The van der Waals surface area contributed by atoms with Crippen molar-refractivity contribution < 1.29 is 9.59 Å². The van der Waals surface area contributed by atoms with Crippen LogP contribution in [-0.2, 0) is 9.59 Å². The van der Waals surface area contributed by atoms with Crippen LogP contribution in [0.3, 0.4) is 0 Å². The van der Waals surface area contributed by atoms with Crippen molar-refractivity contribution in [3.63, 3.8) is 0 Å². The Balaban J connectivity index is 2.68. The molecule has 0 aliphatic carbocycles. The summed E-state index contributed by atoms with van der Waals surface area (Å²) < 4.78 is 0. The van der Waals surface area contributed by atoms with Crippen LogP contribution in [0.2, 0.25) is 0 Å². The van der Waals surface area contributed by atoms with Gasteiger partial charge in [-0.05, 0) is 44.0 Å². The number of nitrogens with one attached hydrogen (secondary N) is 2. The van der Waals surface area contributed by atoms with Crippen molar-refractivity contribution in [2.24, 2.45) is 5.92 Å². The highest BCUT2D eigenvalue weighted by atomic mass is 32.2. The number of anilines is 1. The molecule has 2 unspecified atom stereocenters. The first-order chi connectivity index (χ1) is 10.7. The summed E-state index contributed by atoms with van der Waals surface area (Å²) in [4.78, 5) is 24.2. The molecule has 2 atom stereocenters. The molecule has 2 N–H and O–H groups in total. The molecule has 0 heterocycles. The SMILES string of the molecule is CC(=O)Nc1ccc(SC(C)C(=O)NC(C)(C#N)C(C)C)cc1. The number of amides is 2. The van der Waals surface area contributed by atoms with Crippen LogP contribution in [0, 0.1) is 17.2 Å². The Bertz CT molecular complexity index is 607. The van der Waals surface area contributed by atoms with Crippen LogP contribution in [0.1, 0.15) is 34.6 Å². The minimum Gasteiger partial charge on any atom is -0.337 e. The maximum Gasteiger partial charge on any atom is 0.234 e. The second-order valence-corrected chi connectivity index (χ2v) is 7.34. The highest BCUT2D eigenvalue weighted by Gasteiger charge is 2.31. The van der Waals surface area contributed by atoms with Gasteiger partial charge >= 0.3 is 0 Å². The van der Waals surface area contributed by atoms with Crippen molar-refractivity contribution in [3.8, 4) is 6.07 Å². The number of rotatable bonds is 6. The van der Waals surface area contributed by atoms with Crippen molar-refractivity contribution in [1.29, 1.82) is 5.26 Å². The van der Waals surface area contributed by atoms with Crippen molar-refractivity contribution in [1.82, 2.24) is 5.32 Å². The van der Waals surface area contributed by atoms with Crippen molar-refractivity contribution >= 4 is 29.3 Å². The zero-order chi connectivity index (χ0) is 17.6. The number of carbonyl (C=O) groups is 2. The van der Waals surface area contributed by atoms with Gasteiger partial charge in [0.2, 0.25) is 11.8 Å². The Morgan fingerprint density at radius 2 is 1.78 bits per heavy atom. The summed E-state index contributed by atoms with van der Waals surface area (Å²) in [7, 11) is 0. The van der Waals surface area contributed by atoms with Crippen LogP contribution in [0.25, 0.3) is 0 Å². The van der Waals surface area contributed by atoms with Crippen LogP contribution in [0.4, 0.5) is 5.69 Å². The van der Waals surface area contributed by atoms with Crippen LogP contribution >= 0.6 is 11.8 Å². The molecule has 124 valence electrons. The van der Waals surface area contributed by atoms with Gasteiger partial charge in [0.15, 0.2) is 0 Å². The first kappa shape index (κ1) is 19.0. The summed E-state index contributed by atoms with van der Waals surface area (Å²) in [6, 6.07) is 9.46. The fraction of sp³-hybridized carbons (Fsp3) is 0.471. The number of hydrogen-bond donors (Lipinski definition) is 2. The summed E-state index contributed by atoms with van der Waals surface area (Å²) >= 11 is 1.41. The molecule has 23 heavy (non-hydrogen) atoms. The Kier molecular flexibility index (Phi) is 6.64. The molecule has 0 fully saturated rings. The van der Waals surface area contributed by atoms with Gasteiger partial charge in [0.1, 0.15) is 5.54 Å². The zero-order valence-electron chi connectivity index (χ0n) is 14.1. The van der Waals surface area contributed by atoms with Gasteiger partial charge in [-0.25, -0.2) is 0 Å². The Labute approximate surface area is 141 Å². The fourth-order valence-electron chi connectivity index (χ4n) is 1.74. The maximum absolute atomic E-state index is 12.3. The third-order valence-corrected chi connectivity index (χ3v) is 4.74. The topological polar surface area (TPSA) is 82.0 Å². The number of carbonyl (C=O) groups excluding carboxylic acids is 2. The highest BCUT2D eigenvalue weighted by molar-refractivity contribution is 8.00. The lowest BCUT2D eigenvalue weighted by molar-refractivity contribution is -0.122. The molecular weight excluding hydrogens is 310 g/mol. The van der Waals surface area contributed by atoms with Crippen LogP contribution in [-0.4, -0.2) is 22.6 Å². The van der Waals surface area contributed by atoms with Crippen LogP contribution in [0.15, 0.2) is 29.2 Å². The summed E-state index contributed by atoms with van der Waals surface area (Å²) in [5, 5.41) is 14.5. The monoisotopic (exact) mass is 333 g/mol. The van der Waals surface area contributed by atoms with Gasteiger partial charge in [0, 0.05) is 17.5 Å². The van der Waals surface area contributed by atoms with E-state index >= 15 is 0 Å². The molecule has 1 aromatic carbocycles. The second-order valence-electron chi connectivity index (χ2n) is 5.92. The van der Waals surface area contributed by atoms with Crippen molar-refractivity contribution in [2.75, 3.05) is 5.32 Å². The normalized spacial score (nSPS) is 14.5. The van der Waals surface area contributed by atoms with E-state index in [4.69, 9.17) is 0 Å². The van der Waals surface area contributed by atoms with Crippen molar-refractivity contribution in [3.05, 3.63) is 24.3 Å². The molecule has 2 amide bonds. The average molecular weight is 333 g/mol. The van der Waals surface area contributed by atoms with E-state index in [0.29, 0.717) is 0 Å². The van der Waals surface area contributed by atoms with E-state index in [1.165, 1.54) is 18.7 Å². The van der Waals surface area contributed by atoms with E-state index in [2.05, 4.69) is 16.7 Å². The Hall–Kier alpha value is -2.00. The number of thioether (sulfide) groups is 1. The third kappa shape index (κ3) is 5.61. The molecule has 0 saturated carbocycles. The van der Waals surface area contributed by atoms with E-state index < -0.39 is 5.54 Å². The quantitative estimate of drug-likeness (QED) is 0.783. The standard InChI is InChI=1S/C17H23N3O2S/c1-11(2)17(5,10-18)20-16(22)12(3)23-15-8-6-14(7-9-15)19-13(4)21/h6-9,11-12H,1-5H3,(H,19,21)(H,20,22). The van der Waals surface area contributed by atoms with Gasteiger partial charge in [-0.3, -0.25) is 9.59 Å². The number of hydrogen-bond acceptors (Lipinski definition) is 4. The largest absolute Gasteiger partial charge is 0.337 e. The molecule has 1 aromatic rings. The van der Waals surface area contributed by atoms with Crippen molar-refractivity contribution in [2.45, 2.75) is 50.3 Å². The van der Waals surface area contributed by atoms with Crippen LogP contribution in [0.5, 0.6) is 0 Å². The van der Waals surface area contributed by atoms with Gasteiger partial charge in [0.25, 0.3) is 0 Å². The lowest BCUT2D eigenvalue weighted by Crippen LogP contribution is -2.51. The second kappa shape index (κ2) is 8.02. The Morgan fingerprint density at radius 3 is 2.22 bits per heavy atom. The molecular formula is C17H23N3O2S. The number of nitriles is 1. The number of benzene rings is 1. The number of nitrogens with zero attached hydrogens (tertiary/aromatic N) is 1. The van der Waals surface area contributed by atoms with Gasteiger partial charge < -0.3 is 10.6 Å². The smallest absolute Gasteiger partial charge is 0.234 e. The summed E-state index contributed by atoms with van der Waals surface area (Å²) in [5.74, 6) is -0.271. The molecule has 6 heteroatoms. The summed E-state index contributed by atoms with van der Waals surface area (Å²) in [6.07, 6.45) is 0. The van der Waals surface area contributed by atoms with E-state index in [1.807, 2.05) is 26.0 Å². The first-order valence-electron chi connectivity index (χ1n) is 7.45. The fourth-order valence-corrected chi connectivity index (χ4v) is 2.60. The summed E-state index contributed by atoms with van der Waals surface area (Å²) in [5.41, 5.74) is -0.155. The maximum atomic E-state index is 12.3. The Morgan fingerprint density at radius 1 is 1.22 bits per heavy atom. The van der Waals surface area contributed by atoms with Gasteiger partial charge in [-0.15, -0.1) is 11.8 Å². The van der Waals surface area contributed by atoms with Crippen LogP contribution < -0.4 is 10.6 Å². The van der Waals surface area contributed by atoms with Gasteiger partial charge in [0.05, 0.1) is 11.3 Å². The molecule has 0 bridgehead atoms. The molecule has 5 nitrogen and oxygen atoms in total. The first-order valence-corrected chi connectivity index (χ1v) is 8.33. The molecule has 0 aromatic heterocycles. The molecule has 0 saturated heterocycles. The lowest BCUT2D eigenvalue weighted by Gasteiger charge is -2.28. The van der Waals surface area contributed by atoms with E-state index in [-0.39, 0.29) is 23.0 Å². The minimum atomic E-state index is -0.874.